The Bertz CT molecular complexity index is 133. The van der Waals surface area contributed by atoms with Crippen molar-refractivity contribution < 1.29 is 75.0 Å². The van der Waals surface area contributed by atoms with Crippen LogP contribution < -0.4 is 70.5 Å². The summed E-state index contributed by atoms with van der Waals surface area (Å²) < 4.78 is 1.42. The van der Waals surface area contributed by atoms with Gasteiger partial charge >= 0.3 is 29.6 Å². The van der Waals surface area contributed by atoms with E-state index in [4.69, 9.17) is 0 Å². The van der Waals surface area contributed by atoms with E-state index < -0.39 is 0 Å². The molecule has 0 heterocycles. The van der Waals surface area contributed by atoms with E-state index in [0.29, 0.717) is 0 Å². The van der Waals surface area contributed by atoms with Gasteiger partial charge in [0.25, 0.3) is 0 Å². The second kappa shape index (κ2) is 21.2. The van der Waals surface area contributed by atoms with E-state index in [-0.39, 0.29) is 70.5 Å². The zero-order valence-electron chi connectivity index (χ0n) is 14.7. The van der Waals surface area contributed by atoms with Crippen LogP contribution in [0.5, 0.6) is 0 Å². The Balaban J connectivity index is -0.000000427. The van der Waals surface area contributed by atoms with Gasteiger partial charge in [0, 0.05) is 0 Å². The largest absolute Gasteiger partial charge is 1.00 e. The fraction of sp³-hybridized carbons (Fsp3) is 1.00. The second-order valence-electron chi connectivity index (χ2n) is 5.65. The average Bonchev–Trinajstić information content (AvgIpc) is 2.37. The van der Waals surface area contributed by atoms with Crippen LogP contribution in [0.15, 0.2) is 0 Å². The molecular formula is C16H36BrINNa. The molecule has 0 aliphatic rings. The molecule has 0 aliphatic heterocycles. The Morgan fingerprint density at radius 1 is 0.550 bits per heavy atom. The summed E-state index contributed by atoms with van der Waals surface area (Å²) in [6, 6.07) is 0. The molecular weight excluding hydrogens is 436 g/mol. The Morgan fingerprint density at radius 3 is 0.900 bits per heavy atom. The monoisotopic (exact) mass is 471 g/mol. The summed E-state index contributed by atoms with van der Waals surface area (Å²) in [5.41, 5.74) is 0. The zero-order valence-corrected chi connectivity index (χ0v) is 20.4. The maximum atomic E-state index is 2.33. The molecule has 20 heavy (non-hydrogen) atoms. The summed E-state index contributed by atoms with van der Waals surface area (Å²) in [5.74, 6) is 0. The molecule has 0 aromatic carbocycles. The third-order valence-corrected chi connectivity index (χ3v) is 3.94. The van der Waals surface area contributed by atoms with E-state index >= 15 is 0 Å². The van der Waals surface area contributed by atoms with Gasteiger partial charge in [-0.25, -0.2) is 0 Å². The molecule has 0 saturated heterocycles. The smallest absolute Gasteiger partial charge is 1.00 e. The number of nitrogens with zero attached hydrogens (tertiary/aromatic N) is 1. The van der Waals surface area contributed by atoms with Crippen LogP contribution >= 0.6 is 0 Å². The van der Waals surface area contributed by atoms with Crippen molar-refractivity contribution in [1.29, 1.82) is 0 Å². The van der Waals surface area contributed by atoms with Gasteiger partial charge in [-0.15, -0.1) is 0 Å². The number of quaternary nitrogens is 1. The van der Waals surface area contributed by atoms with Crippen molar-refractivity contribution in [3.05, 3.63) is 0 Å². The van der Waals surface area contributed by atoms with E-state index in [1.165, 1.54) is 82.0 Å². The molecule has 0 aliphatic carbocycles. The van der Waals surface area contributed by atoms with Gasteiger partial charge < -0.3 is 45.4 Å². The first-order valence-corrected chi connectivity index (χ1v) is 8.09. The normalized spacial score (nSPS) is 10.2. The molecule has 0 atom stereocenters. The molecule has 0 bridgehead atoms. The van der Waals surface area contributed by atoms with Crippen molar-refractivity contribution in [2.45, 2.75) is 79.1 Å². The third kappa shape index (κ3) is 15.1. The van der Waals surface area contributed by atoms with Gasteiger partial charge in [-0.05, 0) is 25.7 Å². The van der Waals surface area contributed by atoms with Crippen molar-refractivity contribution in [2.24, 2.45) is 0 Å². The second-order valence-corrected chi connectivity index (χ2v) is 5.65. The molecule has 0 saturated carbocycles. The van der Waals surface area contributed by atoms with Crippen LogP contribution in [0.4, 0.5) is 0 Å². The number of unbranched alkanes of at least 4 members (excludes halogenated alkanes) is 4. The van der Waals surface area contributed by atoms with Gasteiger partial charge in [-0.1, -0.05) is 53.4 Å². The molecule has 4 heteroatoms. The van der Waals surface area contributed by atoms with Crippen molar-refractivity contribution in [2.75, 3.05) is 26.2 Å². The van der Waals surface area contributed by atoms with Crippen molar-refractivity contribution in [3.63, 3.8) is 0 Å². The molecule has 0 rings (SSSR count). The van der Waals surface area contributed by atoms with Crippen molar-refractivity contribution in [1.82, 2.24) is 0 Å². The van der Waals surface area contributed by atoms with Crippen LogP contribution in [-0.2, 0) is 0 Å². The Morgan fingerprint density at radius 2 is 0.750 bits per heavy atom. The number of hydrogen-bond acceptors (Lipinski definition) is 0. The van der Waals surface area contributed by atoms with E-state index in [1.54, 1.807) is 0 Å². The van der Waals surface area contributed by atoms with Crippen LogP contribution in [0, 0.1) is 0 Å². The molecule has 0 amide bonds. The molecule has 120 valence electrons. The molecule has 0 N–H and O–H groups in total. The van der Waals surface area contributed by atoms with Crippen LogP contribution in [0.1, 0.15) is 79.1 Å². The van der Waals surface area contributed by atoms with Gasteiger partial charge in [-0.2, -0.15) is 0 Å². The maximum Gasteiger partial charge on any atom is 1.00 e. The van der Waals surface area contributed by atoms with Crippen LogP contribution in [0.3, 0.4) is 0 Å². The summed E-state index contributed by atoms with van der Waals surface area (Å²) >= 11 is 0. The predicted octanol–water partition coefficient (Wildman–Crippen LogP) is -3.98. The van der Waals surface area contributed by atoms with Crippen LogP contribution in [-0.4, -0.2) is 30.7 Å². The van der Waals surface area contributed by atoms with Gasteiger partial charge in [0.15, 0.2) is 0 Å². The van der Waals surface area contributed by atoms with Crippen molar-refractivity contribution >= 4 is 0 Å². The summed E-state index contributed by atoms with van der Waals surface area (Å²) in [5, 5.41) is 0. The molecule has 0 unspecified atom stereocenters. The van der Waals surface area contributed by atoms with Crippen molar-refractivity contribution in [3.8, 4) is 0 Å². The molecule has 0 spiro atoms. The van der Waals surface area contributed by atoms with Gasteiger partial charge in [0.2, 0.25) is 0 Å². The fourth-order valence-corrected chi connectivity index (χ4v) is 2.64. The summed E-state index contributed by atoms with van der Waals surface area (Å²) in [7, 11) is 0. The van der Waals surface area contributed by atoms with Crippen LogP contribution in [0.2, 0.25) is 0 Å². The van der Waals surface area contributed by atoms with Gasteiger partial charge in [0.05, 0.1) is 26.2 Å². The minimum absolute atomic E-state index is 0. The average molecular weight is 472 g/mol. The minimum atomic E-state index is 0. The maximum absolute atomic E-state index is 2.33. The Kier molecular flexibility index (Phi) is 31.9. The SMILES string of the molecule is CCCC[N+](CCCC)(CCCC)CCCC.[Br-].[I-].[Na+]. The summed E-state index contributed by atoms with van der Waals surface area (Å²) in [4.78, 5) is 0. The van der Waals surface area contributed by atoms with E-state index in [2.05, 4.69) is 27.7 Å². The molecule has 1 nitrogen and oxygen atoms in total. The molecule has 0 aromatic rings. The van der Waals surface area contributed by atoms with E-state index in [9.17, 15) is 0 Å². The summed E-state index contributed by atoms with van der Waals surface area (Å²) in [6.07, 6.45) is 11.1. The zero-order chi connectivity index (χ0) is 13.0. The molecule has 0 aromatic heterocycles. The van der Waals surface area contributed by atoms with E-state index in [0.717, 1.165) is 0 Å². The third-order valence-electron chi connectivity index (χ3n) is 3.94. The number of rotatable bonds is 12. The fourth-order valence-electron chi connectivity index (χ4n) is 2.64. The van der Waals surface area contributed by atoms with Gasteiger partial charge in [-0.3, -0.25) is 0 Å². The Labute approximate surface area is 178 Å². The predicted molar refractivity (Wildman–Crippen MR) is 79.4 cm³/mol. The summed E-state index contributed by atoms with van der Waals surface area (Å²) in [6.45, 7) is 15.0. The number of hydrogen-bond donors (Lipinski definition) is 0. The van der Waals surface area contributed by atoms with E-state index in [1.807, 2.05) is 0 Å². The van der Waals surface area contributed by atoms with Crippen LogP contribution in [0.25, 0.3) is 0 Å². The Hall–Kier alpha value is 2.17. The first-order chi connectivity index (χ1) is 8.24. The quantitative estimate of drug-likeness (QED) is 0.155. The first kappa shape index (κ1) is 30.1. The molecule has 0 fully saturated rings. The molecule has 0 radical (unpaired) electrons. The van der Waals surface area contributed by atoms with Gasteiger partial charge in [0.1, 0.15) is 0 Å². The minimum Gasteiger partial charge on any atom is -1.00 e. The first-order valence-electron chi connectivity index (χ1n) is 8.09. The standard InChI is InChI=1S/C16H36N.BrH.HI.Na/c1-5-9-13-17(14-10-6-2,15-11-7-3)16-12-8-4;;;/h5-16H2,1-4H3;2*1H;/q+1;;;+1/p-2. The topological polar surface area (TPSA) is 0 Å². The number of halogens is 2.